The van der Waals surface area contributed by atoms with Gasteiger partial charge in [-0.1, -0.05) is 12.5 Å². The number of carbonyl (C=O) groups excluding carboxylic acids is 2. The van der Waals surface area contributed by atoms with E-state index in [9.17, 15) is 9.59 Å². The van der Waals surface area contributed by atoms with Gasteiger partial charge < -0.3 is 19.4 Å². The molecule has 3 aromatic rings. The van der Waals surface area contributed by atoms with E-state index in [-0.39, 0.29) is 18.4 Å². The van der Waals surface area contributed by atoms with Crippen LogP contribution in [0.1, 0.15) is 36.0 Å². The molecule has 0 spiro atoms. The second-order valence-electron chi connectivity index (χ2n) is 9.28. The van der Waals surface area contributed by atoms with Crippen molar-refractivity contribution in [1.29, 1.82) is 0 Å². The number of aromatic nitrogens is 1. The number of rotatable bonds is 7. The molecule has 7 heteroatoms. The number of ether oxygens (including phenoxy) is 1. The van der Waals surface area contributed by atoms with Crippen molar-refractivity contribution in [3.05, 3.63) is 66.4 Å². The molecule has 0 N–H and O–H groups in total. The molecule has 0 aliphatic carbocycles. The third-order valence-corrected chi connectivity index (χ3v) is 6.84. The first-order chi connectivity index (χ1) is 17.2. The smallest absolute Gasteiger partial charge is 0.254 e. The number of hydrogen-bond acceptors (Lipinski definition) is 5. The van der Waals surface area contributed by atoms with E-state index in [0.29, 0.717) is 25.3 Å². The lowest BCUT2D eigenvalue weighted by Gasteiger charge is -2.34. The second-order valence-corrected chi connectivity index (χ2v) is 9.28. The molecule has 2 aliphatic rings. The SMILES string of the molecule is O=C(c1ccc2ncccc2c1)N1CCN(c2ccc(OCCCN3CCCCC3)cc2)C(=O)C1. The van der Waals surface area contributed by atoms with Crippen LogP contribution >= 0.6 is 0 Å². The van der Waals surface area contributed by atoms with E-state index < -0.39 is 0 Å². The Hall–Kier alpha value is -3.45. The zero-order valence-electron chi connectivity index (χ0n) is 20.1. The van der Waals surface area contributed by atoms with Gasteiger partial charge in [-0.05, 0) is 80.9 Å². The maximum Gasteiger partial charge on any atom is 0.254 e. The van der Waals surface area contributed by atoms with Gasteiger partial charge in [0.25, 0.3) is 5.91 Å². The van der Waals surface area contributed by atoms with E-state index in [1.807, 2.05) is 48.5 Å². The number of amides is 2. The fourth-order valence-corrected chi connectivity index (χ4v) is 4.89. The zero-order chi connectivity index (χ0) is 24.0. The molecule has 0 bridgehead atoms. The molecule has 3 heterocycles. The molecule has 2 fully saturated rings. The Kier molecular flexibility index (Phi) is 7.23. The highest BCUT2D eigenvalue weighted by atomic mass is 16.5. The van der Waals surface area contributed by atoms with Crippen LogP contribution in [0.4, 0.5) is 5.69 Å². The van der Waals surface area contributed by atoms with Crippen LogP contribution in [0.2, 0.25) is 0 Å². The lowest BCUT2D eigenvalue weighted by molar-refractivity contribution is -0.120. The van der Waals surface area contributed by atoms with E-state index in [0.717, 1.165) is 35.3 Å². The minimum Gasteiger partial charge on any atom is -0.494 e. The Labute approximate surface area is 206 Å². The lowest BCUT2D eigenvalue weighted by atomic mass is 10.1. The van der Waals surface area contributed by atoms with Crippen molar-refractivity contribution in [1.82, 2.24) is 14.8 Å². The highest BCUT2D eigenvalue weighted by Gasteiger charge is 2.28. The molecule has 0 radical (unpaired) electrons. The van der Waals surface area contributed by atoms with E-state index >= 15 is 0 Å². The lowest BCUT2D eigenvalue weighted by Crippen LogP contribution is -2.52. The first kappa shape index (κ1) is 23.3. The van der Waals surface area contributed by atoms with E-state index in [1.54, 1.807) is 22.1 Å². The minimum atomic E-state index is -0.128. The molecule has 0 unspecified atom stereocenters. The zero-order valence-corrected chi connectivity index (χ0v) is 20.1. The van der Waals surface area contributed by atoms with Crippen molar-refractivity contribution in [3.63, 3.8) is 0 Å². The summed E-state index contributed by atoms with van der Waals surface area (Å²) in [7, 11) is 0. The van der Waals surface area contributed by atoms with Gasteiger partial charge in [-0.15, -0.1) is 0 Å². The van der Waals surface area contributed by atoms with Gasteiger partial charge in [0.05, 0.1) is 12.1 Å². The van der Waals surface area contributed by atoms with Crippen LogP contribution in [0.25, 0.3) is 10.9 Å². The standard InChI is InChI=1S/C28H32N4O3/c33-27-21-31(28(34)23-7-12-26-22(20-23)6-4-13-29-26)17-18-32(27)24-8-10-25(11-9-24)35-19-5-16-30-14-2-1-3-15-30/h4,6-13,20H,1-3,5,14-19,21H2. The second kappa shape index (κ2) is 10.9. The summed E-state index contributed by atoms with van der Waals surface area (Å²) in [6, 6.07) is 16.9. The van der Waals surface area contributed by atoms with Crippen LogP contribution in [0.3, 0.4) is 0 Å². The highest BCUT2D eigenvalue weighted by molar-refractivity contribution is 6.03. The summed E-state index contributed by atoms with van der Waals surface area (Å²) in [5.41, 5.74) is 2.26. The topological polar surface area (TPSA) is 66.0 Å². The number of carbonyl (C=O) groups is 2. The third kappa shape index (κ3) is 5.62. The fraction of sp³-hybridized carbons (Fsp3) is 0.393. The predicted molar refractivity (Wildman–Crippen MR) is 137 cm³/mol. The van der Waals surface area contributed by atoms with Crippen molar-refractivity contribution >= 4 is 28.4 Å². The van der Waals surface area contributed by atoms with Crippen LogP contribution in [0, 0.1) is 0 Å². The Morgan fingerprint density at radius 2 is 1.77 bits per heavy atom. The Morgan fingerprint density at radius 1 is 0.943 bits per heavy atom. The predicted octanol–water partition coefficient (Wildman–Crippen LogP) is 3.98. The molecule has 35 heavy (non-hydrogen) atoms. The maximum atomic E-state index is 13.0. The van der Waals surface area contributed by atoms with Crippen molar-refractivity contribution in [2.45, 2.75) is 25.7 Å². The average Bonchev–Trinajstić information content (AvgIpc) is 2.91. The van der Waals surface area contributed by atoms with Gasteiger partial charge in [-0.3, -0.25) is 14.6 Å². The molecule has 7 nitrogen and oxygen atoms in total. The maximum absolute atomic E-state index is 13.0. The summed E-state index contributed by atoms with van der Waals surface area (Å²) < 4.78 is 5.91. The van der Waals surface area contributed by atoms with Gasteiger partial charge in [-0.2, -0.15) is 0 Å². The minimum absolute atomic E-state index is 0.0681. The van der Waals surface area contributed by atoms with Gasteiger partial charge in [0, 0.05) is 42.5 Å². The van der Waals surface area contributed by atoms with Gasteiger partial charge >= 0.3 is 0 Å². The van der Waals surface area contributed by atoms with Crippen molar-refractivity contribution < 1.29 is 14.3 Å². The van der Waals surface area contributed by atoms with Gasteiger partial charge in [0.2, 0.25) is 5.91 Å². The Balaban J connectivity index is 1.12. The molecule has 0 atom stereocenters. The number of piperidine rings is 1. The largest absolute Gasteiger partial charge is 0.494 e. The molecule has 2 amide bonds. The first-order valence-corrected chi connectivity index (χ1v) is 12.6. The molecular weight excluding hydrogens is 440 g/mol. The monoisotopic (exact) mass is 472 g/mol. The molecule has 182 valence electrons. The van der Waals surface area contributed by atoms with Crippen LogP contribution in [-0.2, 0) is 4.79 Å². The molecule has 0 saturated carbocycles. The van der Waals surface area contributed by atoms with Crippen LogP contribution in [0.15, 0.2) is 60.8 Å². The van der Waals surface area contributed by atoms with Crippen molar-refractivity contribution in [3.8, 4) is 5.75 Å². The molecule has 2 saturated heterocycles. The first-order valence-electron chi connectivity index (χ1n) is 12.6. The van der Waals surface area contributed by atoms with E-state index in [2.05, 4.69) is 9.88 Å². The Bertz CT molecular complexity index is 1170. The highest BCUT2D eigenvalue weighted by Crippen LogP contribution is 2.23. The number of anilines is 1. The summed E-state index contributed by atoms with van der Waals surface area (Å²) in [5, 5.41) is 0.914. The molecular formula is C28H32N4O3. The fourth-order valence-electron chi connectivity index (χ4n) is 4.89. The number of hydrogen-bond donors (Lipinski definition) is 0. The number of nitrogens with zero attached hydrogens (tertiary/aromatic N) is 4. The molecule has 2 aromatic carbocycles. The van der Waals surface area contributed by atoms with Crippen LogP contribution in [-0.4, -0.2) is 72.5 Å². The summed E-state index contributed by atoms with van der Waals surface area (Å²) in [6.45, 7) is 5.23. The summed E-state index contributed by atoms with van der Waals surface area (Å²) in [4.78, 5) is 36.1. The summed E-state index contributed by atoms with van der Waals surface area (Å²) in [5.74, 6) is 0.610. The molecule has 1 aromatic heterocycles. The van der Waals surface area contributed by atoms with Gasteiger partial charge in [0.1, 0.15) is 12.3 Å². The quantitative estimate of drug-likeness (QED) is 0.487. The van der Waals surface area contributed by atoms with Gasteiger partial charge in [-0.25, -0.2) is 0 Å². The molecule has 2 aliphatic heterocycles. The summed E-state index contributed by atoms with van der Waals surface area (Å²) in [6.07, 6.45) is 6.73. The average molecular weight is 473 g/mol. The van der Waals surface area contributed by atoms with E-state index in [1.165, 1.54) is 32.4 Å². The third-order valence-electron chi connectivity index (χ3n) is 6.84. The number of fused-ring (bicyclic) bond motifs is 1. The number of pyridine rings is 1. The normalized spacial score (nSPS) is 17.1. The number of piperazine rings is 1. The van der Waals surface area contributed by atoms with Crippen LogP contribution in [0.5, 0.6) is 5.75 Å². The van der Waals surface area contributed by atoms with Crippen molar-refractivity contribution in [2.24, 2.45) is 0 Å². The molecule has 5 rings (SSSR count). The number of likely N-dealkylation sites (tertiary alicyclic amines) is 1. The summed E-state index contributed by atoms with van der Waals surface area (Å²) >= 11 is 0. The van der Waals surface area contributed by atoms with Gasteiger partial charge in [0.15, 0.2) is 0 Å². The van der Waals surface area contributed by atoms with E-state index in [4.69, 9.17) is 4.74 Å². The Morgan fingerprint density at radius 3 is 2.57 bits per heavy atom. The van der Waals surface area contributed by atoms with Crippen molar-refractivity contribution in [2.75, 3.05) is 50.8 Å². The van der Waals surface area contributed by atoms with Crippen LogP contribution < -0.4 is 9.64 Å². The number of benzene rings is 2.